The summed E-state index contributed by atoms with van der Waals surface area (Å²) < 4.78 is 56.5. The van der Waals surface area contributed by atoms with Crippen LogP contribution >= 0.6 is 0 Å². The molecule has 0 aliphatic carbocycles. The van der Waals surface area contributed by atoms with Crippen molar-refractivity contribution in [2.24, 2.45) is 0 Å². The zero-order valence-corrected chi connectivity index (χ0v) is 17.3. The number of methoxy groups -OCH3 is 1. The lowest BCUT2D eigenvalue weighted by atomic mass is 9.92. The number of rotatable bonds is 6. The zero-order valence-electron chi connectivity index (χ0n) is 17.3. The average molecular weight is 437 g/mol. The van der Waals surface area contributed by atoms with Crippen LogP contribution in [0.1, 0.15) is 48.2 Å². The van der Waals surface area contributed by atoms with Crippen LogP contribution < -0.4 is 14.8 Å². The average Bonchev–Trinajstić information content (AvgIpc) is 2.73. The largest absolute Gasteiger partial charge is 0.494 e. The highest BCUT2D eigenvalue weighted by molar-refractivity contribution is 6.03. The molecule has 166 valence electrons. The van der Waals surface area contributed by atoms with Crippen molar-refractivity contribution in [1.82, 2.24) is 0 Å². The summed E-state index contributed by atoms with van der Waals surface area (Å²) in [6.45, 7) is 3.98. The number of nitrogens with one attached hydrogen (secondary N) is 1. The molecule has 1 unspecified atom stereocenters. The first-order valence-corrected chi connectivity index (χ1v) is 9.67. The number of unbranched alkanes of at least 4 members (excludes halogenated alkanes) is 1. The van der Waals surface area contributed by atoms with Gasteiger partial charge in [-0.05, 0) is 37.6 Å². The molecule has 0 radical (unpaired) electrons. The molecule has 0 spiro atoms. The van der Waals surface area contributed by atoms with Crippen LogP contribution in [-0.2, 0) is 21.3 Å². The summed E-state index contributed by atoms with van der Waals surface area (Å²) in [7, 11) is 0.976. The molecule has 0 saturated heterocycles. The number of fused-ring (bicyclic) bond motifs is 1. The Morgan fingerprint density at radius 3 is 2.61 bits per heavy atom. The van der Waals surface area contributed by atoms with Gasteiger partial charge >= 0.3 is 12.1 Å². The number of ether oxygens (including phenoxy) is 3. The Morgan fingerprint density at radius 2 is 1.97 bits per heavy atom. The van der Waals surface area contributed by atoms with Crippen LogP contribution in [0, 0.1) is 0 Å². The fourth-order valence-electron chi connectivity index (χ4n) is 3.19. The molecular formula is C22H22F3NO5. The Kier molecular flexibility index (Phi) is 6.15. The molecule has 0 saturated carbocycles. The van der Waals surface area contributed by atoms with Crippen LogP contribution in [0.15, 0.2) is 36.4 Å². The van der Waals surface area contributed by atoms with Crippen molar-refractivity contribution < 1.29 is 37.0 Å². The Hall–Kier alpha value is -3.23. The molecule has 3 rings (SSSR count). The summed E-state index contributed by atoms with van der Waals surface area (Å²) in [6, 6.07) is 8.25. The fraction of sp³-hybridized carbons (Fsp3) is 0.364. The Labute approximate surface area is 177 Å². The van der Waals surface area contributed by atoms with Crippen LogP contribution in [-0.4, -0.2) is 25.6 Å². The molecule has 1 N–H and O–H groups in total. The highest BCUT2D eigenvalue weighted by Gasteiger charge is 2.44. The Bertz CT molecular complexity index is 1010. The molecule has 1 aliphatic heterocycles. The second-order valence-corrected chi connectivity index (χ2v) is 7.20. The van der Waals surface area contributed by atoms with Crippen molar-refractivity contribution in [2.45, 2.75) is 38.5 Å². The standard InChI is InChI=1S/C22H22F3NO5/c1-4-5-9-30-14-8-6-7-13(10-14)21(2)20(28)26-17-11-15(19(27)29-3)16(22(23,24)25)12-18(17)31-21/h6-8,10-12H,4-5,9H2,1-3H3,(H,26,28). The van der Waals surface area contributed by atoms with Crippen molar-refractivity contribution in [3.05, 3.63) is 53.1 Å². The van der Waals surface area contributed by atoms with Gasteiger partial charge in [-0.2, -0.15) is 13.2 Å². The molecule has 0 fully saturated rings. The van der Waals surface area contributed by atoms with Crippen molar-refractivity contribution in [3.63, 3.8) is 0 Å². The van der Waals surface area contributed by atoms with Crippen LogP contribution in [0.3, 0.4) is 0 Å². The molecule has 1 heterocycles. The van der Waals surface area contributed by atoms with Gasteiger partial charge in [-0.3, -0.25) is 4.79 Å². The lowest BCUT2D eigenvalue weighted by Crippen LogP contribution is -2.46. The molecule has 2 aromatic carbocycles. The Balaban J connectivity index is 2.01. The number of hydrogen-bond donors (Lipinski definition) is 1. The molecule has 6 nitrogen and oxygen atoms in total. The minimum Gasteiger partial charge on any atom is -0.494 e. The molecule has 2 aromatic rings. The van der Waals surface area contributed by atoms with Crippen LogP contribution in [0.2, 0.25) is 0 Å². The molecule has 1 aliphatic rings. The quantitative estimate of drug-likeness (QED) is 0.513. The molecular weight excluding hydrogens is 415 g/mol. The molecule has 9 heteroatoms. The van der Waals surface area contributed by atoms with E-state index in [0.29, 0.717) is 24.0 Å². The SMILES string of the molecule is CCCCOc1cccc(C2(C)Oc3cc(C(F)(F)F)c(C(=O)OC)cc3NC2=O)c1. The van der Waals surface area contributed by atoms with Gasteiger partial charge in [0.15, 0.2) is 0 Å². The third-order valence-electron chi connectivity index (χ3n) is 4.98. The topological polar surface area (TPSA) is 73.9 Å². The van der Waals surface area contributed by atoms with E-state index in [-0.39, 0.29) is 11.4 Å². The van der Waals surface area contributed by atoms with Gasteiger partial charge in [0.05, 0.1) is 30.5 Å². The molecule has 31 heavy (non-hydrogen) atoms. The van der Waals surface area contributed by atoms with E-state index in [9.17, 15) is 22.8 Å². The minimum atomic E-state index is -4.83. The summed E-state index contributed by atoms with van der Waals surface area (Å²) in [5.41, 5.74) is -3.17. The number of benzene rings is 2. The smallest absolute Gasteiger partial charge is 0.417 e. The summed E-state index contributed by atoms with van der Waals surface area (Å²) in [6.07, 6.45) is -3.02. The van der Waals surface area contributed by atoms with Crippen molar-refractivity contribution >= 4 is 17.6 Å². The van der Waals surface area contributed by atoms with Gasteiger partial charge in [-0.15, -0.1) is 0 Å². The number of amides is 1. The number of alkyl halides is 3. The van der Waals surface area contributed by atoms with Gasteiger partial charge < -0.3 is 19.5 Å². The van der Waals surface area contributed by atoms with Gasteiger partial charge in [-0.1, -0.05) is 25.5 Å². The number of hydrogen-bond acceptors (Lipinski definition) is 5. The van der Waals surface area contributed by atoms with E-state index < -0.39 is 34.8 Å². The second kappa shape index (κ2) is 8.49. The third kappa shape index (κ3) is 4.45. The predicted octanol–water partition coefficient (Wildman–Crippen LogP) is 4.92. The number of esters is 1. The van der Waals surface area contributed by atoms with Gasteiger partial charge in [-0.25, -0.2) is 4.79 Å². The maximum atomic E-state index is 13.5. The monoisotopic (exact) mass is 437 g/mol. The zero-order chi connectivity index (χ0) is 22.8. The van der Waals surface area contributed by atoms with E-state index in [1.54, 1.807) is 24.3 Å². The van der Waals surface area contributed by atoms with E-state index in [2.05, 4.69) is 10.1 Å². The number of anilines is 1. The summed E-state index contributed by atoms with van der Waals surface area (Å²) >= 11 is 0. The normalized spacial score (nSPS) is 17.9. The first-order valence-electron chi connectivity index (χ1n) is 9.67. The lowest BCUT2D eigenvalue weighted by molar-refractivity contribution is -0.138. The first-order chi connectivity index (χ1) is 14.6. The molecule has 0 aromatic heterocycles. The maximum absolute atomic E-state index is 13.5. The van der Waals surface area contributed by atoms with Gasteiger partial charge in [0.1, 0.15) is 11.5 Å². The Morgan fingerprint density at radius 1 is 1.23 bits per heavy atom. The number of carbonyl (C=O) groups excluding carboxylic acids is 2. The summed E-state index contributed by atoms with van der Waals surface area (Å²) in [4.78, 5) is 24.7. The van der Waals surface area contributed by atoms with E-state index in [1.807, 2.05) is 6.92 Å². The van der Waals surface area contributed by atoms with Crippen molar-refractivity contribution in [2.75, 3.05) is 19.0 Å². The van der Waals surface area contributed by atoms with Crippen LogP contribution in [0.5, 0.6) is 11.5 Å². The number of halogens is 3. The second-order valence-electron chi connectivity index (χ2n) is 7.20. The molecule has 0 bridgehead atoms. The van der Waals surface area contributed by atoms with E-state index in [4.69, 9.17) is 9.47 Å². The van der Waals surface area contributed by atoms with Gasteiger partial charge in [0.2, 0.25) is 5.60 Å². The summed E-state index contributed by atoms with van der Waals surface area (Å²) in [5.74, 6) is -1.46. The van der Waals surface area contributed by atoms with Crippen LogP contribution in [0.4, 0.5) is 18.9 Å². The minimum absolute atomic E-state index is 0.0498. The maximum Gasteiger partial charge on any atom is 0.417 e. The van der Waals surface area contributed by atoms with E-state index >= 15 is 0 Å². The van der Waals surface area contributed by atoms with E-state index in [1.165, 1.54) is 6.92 Å². The lowest BCUT2D eigenvalue weighted by Gasteiger charge is -2.35. The number of carbonyl (C=O) groups is 2. The molecule has 1 atom stereocenters. The van der Waals surface area contributed by atoms with Crippen molar-refractivity contribution in [1.29, 1.82) is 0 Å². The van der Waals surface area contributed by atoms with Crippen LogP contribution in [0.25, 0.3) is 0 Å². The highest BCUT2D eigenvalue weighted by atomic mass is 19.4. The fourth-order valence-corrected chi connectivity index (χ4v) is 3.19. The van der Waals surface area contributed by atoms with Gasteiger partial charge in [0, 0.05) is 5.56 Å². The predicted molar refractivity (Wildman–Crippen MR) is 106 cm³/mol. The molecule has 1 amide bonds. The van der Waals surface area contributed by atoms with Gasteiger partial charge in [0.25, 0.3) is 5.91 Å². The van der Waals surface area contributed by atoms with Crippen molar-refractivity contribution in [3.8, 4) is 11.5 Å². The summed E-state index contributed by atoms with van der Waals surface area (Å²) in [5, 5.41) is 2.54. The third-order valence-corrected chi connectivity index (χ3v) is 4.98. The highest BCUT2D eigenvalue weighted by Crippen LogP contribution is 2.44. The van der Waals surface area contributed by atoms with E-state index in [0.717, 1.165) is 26.0 Å². The first kappa shape index (κ1) is 22.5.